The van der Waals surface area contributed by atoms with Crippen LogP contribution < -0.4 is 4.90 Å². The van der Waals surface area contributed by atoms with E-state index >= 15 is 0 Å². The quantitative estimate of drug-likeness (QED) is 0.528. The molecular formula is C23H21ClF2N4O3. The van der Waals surface area contributed by atoms with Crippen molar-refractivity contribution in [2.45, 2.75) is 6.92 Å². The van der Waals surface area contributed by atoms with Gasteiger partial charge in [-0.25, -0.2) is 18.3 Å². The highest BCUT2D eigenvalue weighted by Crippen LogP contribution is 2.25. The van der Waals surface area contributed by atoms with E-state index in [4.69, 9.17) is 16.3 Å². The molecule has 1 fully saturated rings. The number of piperazine rings is 1. The van der Waals surface area contributed by atoms with E-state index in [2.05, 4.69) is 5.10 Å². The van der Waals surface area contributed by atoms with Crippen molar-refractivity contribution in [1.29, 1.82) is 0 Å². The molecule has 0 N–H and O–H groups in total. The van der Waals surface area contributed by atoms with Gasteiger partial charge in [-0.3, -0.25) is 4.79 Å². The fourth-order valence-electron chi connectivity index (χ4n) is 3.68. The second-order valence-corrected chi connectivity index (χ2v) is 7.89. The number of ether oxygens (including phenoxy) is 1. The van der Waals surface area contributed by atoms with Gasteiger partial charge in [-0.15, -0.1) is 0 Å². The van der Waals surface area contributed by atoms with E-state index in [-0.39, 0.29) is 22.4 Å². The van der Waals surface area contributed by atoms with Gasteiger partial charge in [0.2, 0.25) is 0 Å². The predicted molar refractivity (Wildman–Crippen MR) is 119 cm³/mol. The van der Waals surface area contributed by atoms with Crippen LogP contribution in [0.15, 0.2) is 48.5 Å². The Labute approximate surface area is 194 Å². The Balaban J connectivity index is 1.35. The number of carbonyl (C=O) groups excluding carboxylic acids is 2. The van der Waals surface area contributed by atoms with Gasteiger partial charge in [0.05, 0.1) is 17.1 Å². The zero-order chi connectivity index (χ0) is 23.5. The standard InChI is InChI=1S/C23H21ClF2N4O3/c1-15-21(22(24)30(27-15)17-8-6-16(25)7-9-17)23(32)33-14-20(31)29-12-10-28(11-13-29)19-5-3-2-4-18(19)26/h2-9H,10-14H2,1H3. The summed E-state index contributed by atoms with van der Waals surface area (Å²) in [5, 5.41) is 4.23. The summed E-state index contributed by atoms with van der Waals surface area (Å²) in [4.78, 5) is 28.6. The van der Waals surface area contributed by atoms with Crippen molar-refractivity contribution in [2.75, 3.05) is 37.7 Å². The number of amides is 1. The van der Waals surface area contributed by atoms with E-state index in [0.29, 0.717) is 43.2 Å². The first-order valence-corrected chi connectivity index (χ1v) is 10.7. The largest absolute Gasteiger partial charge is 0.452 e. The number of anilines is 1. The van der Waals surface area contributed by atoms with Crippen LogP contribution in [0.1, 0.15) is 16.1 Å². The van der Waals surface area contributed by atoms with E-state index in [1.807, 2.05) is 4.90 Å². The molecule has 0 bridgehead atoms. The molecule has 0 unspecified atom stereocenters. The first kappa shape index (κ1) is 22.7. The minimum Gasteiger partial charge on any atom is -0.452 e. The van der Waals surface area contributed by atoms with Crippen LogP contribution in [0.5, 0.6) is 0 Å². The number of hydrogen-bond acceptors (Lipinski definition) is 5. The van der Waals surface area contributed by atoms with Gasteiger partial charge in [0, 0.05) is 26.2 Å². The molecule has 0 radical (unpaired) electrons. The number of carbonyl (C=O) groups is 2. The van der Waals surface area contributed by atoms with E-state index in [1.165, 1.54) is 35.0 Å². The van der Waals surface area contributed by atoms with Crippen molar-refractivity contribution in [3.63, 3.8) is 0 Å². The number of esters is 1. The normalized spacial score (nSPS) is 13.8. The zero-order valence-corrected chi connectivity index (χ0v) is 18.6. The fraction of sp³-hybridized carbons (Fsp3) is 0.261. The number of hydrogen-bond donors (Lipinski definition) is 0. The fourth-order valence-corrected chi connectivity index (χ4v) is 4.03. The molecule has 2 heterocycles. The predicted octanol–water partition coefficient (Wildman–Crippen LogP) is 3.62. The molecule has 0 spiro atoms. The summed E-state index contributed by atoms with van der Waals surface area (Å²) in [6.45, 7) is 2.84. The van der Waals surface area contributed by atoms with Crippen molar-refractivity contribution in [2.24, 2.45) is 0 Å². The summed E-state index contributed by atoms with van der Waals surface area (Å²) in [6.07, 6.45) is 0. The van der Waals surface area contributed by atoms with Crippen LogP contribution in [-0.4, -0.2) is 59.3 Å². The van der Waals surface area contributed by atoms with Crippen LogP contribution in [0.2, 0.25) is 5.15 Å². The minimum atomic E-state index is -0.774. The molecule has 10 heteroatoms. The van der Waals surface area contributed by atoms with Gasteiger partial charge in [0.15, 0.2) is 6.61 Å². The molecule has 4 rings (SSSR count). The van der Waals surface area contributed by atoms with E-state index in [0.717, 1.165) is 0 Å². The second kappa shape index (κ2) is 9.58. The molecule has 3 aromatic rings. The van der Waals surface area contributed by atoms with Gasteiger partial charge < -0.3 is 14.5 Å². The summed E-state index contributed by atoms with van der Waals surface area (Å²) in [7, 11) is 0. The van der Waals surface area contributed by atoms with Gasteiger partial charge in [0.25, 0.3) is 5.91 Å². The Morgan fingerprint density at radius 2 is 1.70 bits per heavy atom. The van der Waals surface area contributed by atoms with Crippen LogP contribution in [-0.2, 0) is 9.53 Å². The smallest absolute Gasteiger partial charge is 0.343 e. The average Bonchev–Trinajstić information content (AvgIpc) is 3.12. The third-order valence-electron chi connectivity index (χ3n) is 5.43. The lowest BCUT2D eigenvalue weighted by molar-refractivity contribution is -0.134. The number of benzene rings is 2. The third-order valence-corrected chi connectivity index (χ3v) is 5.78. The zero-order valence-electron chi connectivity index (χ0n) is 17.8. The first-order valence-electron chi connectivity index (χ1n) is 10.3. The molecule has 1 aliphatic rings. The van der Waals surface area contributed by atoms with Gasteiger partial charge in [-0.1, -0.05) is 23.7 Å². The Morgan fingerprint density at radius 1 is 1.03 bits per heavy atom. The van der Waals surface area contributed by atoms with Crippen molar-refractivity contribution < 1.29 is 23.1 Å². The topological polar surface area (TPSA) is 67.7 Å². The second-order valence-electron chi connectivity index (χ2n) is 7.53. The Kier molecular flexibility index (Phi) is 6.60. The monoisotopic (exact) mass is 474 g/mol. The van der Waals surface area contributed by atoms with Crippen LogP contribution in [0.25, 0.3) is 5.69 Å². The maximum Gasteiger partial charge on any atom is 0.343 e. The lowest BCUT2D eigenvalue weighted by Gasteiger charge is -2.36. The number of aromatic nitrogens is 2. The van der Waals surface area contributed by atoms with Crippen molar-refractivity contribution >= 4 is 29.2 Å². The van der Waals surface area contributed by atoms with Crippen molar-refractivity contribution in [3.8, 4) is 5.69 Å². The maximum absolute atomic E-state index is 14.0. The van der Waals surface area contributed by atoms with Crippen LogP contribution in [0, 0.1) is 18.6 Å². The van der Waals surface area contributed by atoms with Gasteiger partial charge in [-0.2, -0.15) is 5.10 Å². The molecule has 0 atom stereocenters. The molecule has 172 valence electrons. The lowest BCUT2D eigenvalue weighted by atomic mass is 10.2. The number of rotatable bonds is 5. The molecule has 2 aromatic carbocycles. The Hall–Kier alpha value is -3.46. The van der Waals surface area contributed by atoms with Crippen molar-refractivity contribution in [1.82, 2.24) is 14.7 Å². The van der Waals surface area contributed by atoms with E-state index in [9.17, 15) is 18.4 Å². The van der Waals surface area contributed by atoms with Gasteiger partial charge in [0.1, 0.15) is 22.4 Å². The third kappa shape index (κ3) is 4.83. The number of aryl methyl sites for hydroxylation is 1. The highest BCUT2D eigenvalue weighted by atomic mass is 35.5. The molecular weight excluding hydrogens is 454 g/mol. The summed E-state index contributed by atoms with van der Waals surface area (Å²) < 4.78 is 33.7. The molecule has 1 amide bonds. The molecule has 33 heavy (non-hydrogen) atoms. The van der Waals surface area contributed by atoms with Crippen LogP contribution >= 0.6 is 11.6 Å². The molecule has 1 saturated heterocycles. The summed E-state index contributed by atoms with van der Waals surface area (Å²) in [5.41, 5.74) is 1.34. The lowest BCUT2D eigenvalue weighted by Crippen LogP contribution is -2.50. The maximum atomic E-state index is 14.0. The van der Waals surface area contributed by atoms with E-state index < -0.39 is 18.4 Å². The summed E-state index contributed by atoms with van der Waals surface area (Å²) in [6, 6.07) is 12.0. The molecule has 0 saturated carbocycles. The number of halogens is 3. The first-order chi connectivity index (χ1) is 15.8. The van der Waals surface area contributed by atoms with Gasteiger partial charge in [-0.05, 0) is 43.3 Å². The highest BCUT2D eigenvalue weighted by molar-refractivity contribution is 6.33. The number of para-hydroxylation sites is 1. The van der Waals surface area contributed by atoms with Crippen molar-refractivity contribution in [3.05, 3.63) is 76.6 Å². The Morgan fingerprint density at radius 3 is 2.36 bits per heavy atom. The Bertz CT molecular complexity index is 1170. The van der Waals surface area contributed by atoms with Crippen LogP contribution in [0.4, 0.5) is 14.5 Å². The summed E-state index contributed by atoms with van der Waals surface area (Å²) in [5.74, 6) is -1.84. The molecule has 7 nitrogen and oxygen atoms in total. The minimum absolute atomic E-state index is 0.00931. The molecule has 1 aliphatic heterocycles. The average molecular weight is 475 g/mol. The summed E-state index contributed by atoms with van der Waals surface area (Å²) >= 11 is 6.32. The SMILES string of the molecule is Cc1nn(-c2ccc(F)cc2)c(Cl)c1C(=O)OCC(=O)N1CCN(c2ccccc2F)CC1. The highest BCUT2D eigenvalue weighted by Gasteiger charge is 2.26. The van der Waals surface area contributed by atoms with E-state index in [1.54, 1.807) is 30.0 Å². The van der Waals surface area contributed by atoms with Crippen LogP contribution in [0.3, 0.4) is 0 Å². The molecule has 1 aromatic heterocycles. The molecule has 0 aliphatic carbocycles. The number of nitrogens with zero attached hydrogens (tertiary/aromatic N) is 4. The van der Waals surface area contributed by atoms with Gasteiger partial charge >= 0.3 is 5.97 Å².